The van der Waals surface area contributed by atoms with Gasteiger partial charge in [-0.3, -0.25) is 0 Å². The Bertz CT molecular complexity index is 389. The van der Waals surface area contributed by atoms with E-state index in [0.29, 0.717) is 0 Å². The summed E-state index contributed by atoms with van der Waals surface area (Å²) in [6.07, 6.45) is 15.0. The number of ether oxygens (including phenoxy) is 1. The molecule has 0 fully saturated rings. The summed E-state index contributed by atoms with van der Waals surface area (Å²) in [4.78, 5) is 0. The van der Waals surface area contributed by atoms with Crippen molar-refractivity contribution in [3.05, 3.63) is 37.0 Å². The molecule has 0 radical (unpaired) electrons. The van der Waals surface area contributed by atoms with E-state index in [4.69, 9.17) is 4.74 Å². The van der Waals surface area contributed by atoms with Crippen molar-refractivity contribution >= 4 is 21.9 Å². The zero-order valence-corrected chi connectivity index (χ0v) is 15.3. The molecule has 0 unspecified atom stereocenters. The van der Waals surface area contributed by atoms with Crippen LogP contribution in [-0.4, -0.2) is 17.5 Å². The summed E-state index contributed by atoms with van der Waals surface area (Å²) in [5, 5.41) is 0.765. The van der Waals surface area contributed by atoms with Crippen LogP contribution in [0.15, 0.2) is 37.0 Å². The standard InChI is InChI=1S/C20H34OS/c1-6-8-9-10-11-12-13-14-15-16-17-21-20(22-5)19(4)18(3)7-2/h7H,2-6,8-17H2,1H3. The second-order valence-corrected chi connectivity index (χ2v) is 6.33. The number of hydrogen-bond acceptors (Lipinski definition) is 1. The summed E-state index contributed by atoms with van der Waals surface area (Å²) in [7, 11) is 1.34. The first-order chi connectivity index (χ1) is 10.7. The maximum absolute atomic E-state index is 5.76. The van der Waals surface area contributed by atoms with Gasteiger partial charge in [0.2, 0.25) is 0 Å². The molecule has 0 saturated heterocycles. The van der Waals surface area contributed by atoms with Crippen molar-refractivity contribution in [2.45, 2.75) is 71.1 Å². The van der Waals surface area contributed by atoms with Crippen LogP contribution in [0.2, 0.25) is 0 Å². The highest BCUT2D eigenvalue weighted by molar-refractivity contribution is 7.96. The molecule has 0 bridgehead atoms. The maximum Gasteiger partial charge on any atom is 0.135 e. The van der Waals surface area contributed by atoms with E-state index in [9.17, 15) is 0 Å². The lowest BCUT2D eigenvalue weighted by atomic mass is 10.1. The van der Waals surface area contributed by atoms with Gasteiger partial charge in [-0.15, -0.1) is 10.9 Å². The SMILES string of the molecule is C=CC(=C)C(=C)C(OCCCCCCCCCCCC)=S=C. The average molecular weight is 323 g/mol. The van der Waals surface area contributed by atoms with Crippen molar-refractivity contribution in [1.82, 2.24) is 0 Å². The van der Waals surface area contributed by atoms with Crippen LogP contribution in [0.5, 0.6) is 0 Å². The van der Waals surface area contributed by atoms with E-state index < -0.39 is 0 Å². The molecular weight excluding hydrogens is 288 g/mol. The molecule has 0 spiro atoms. The van der Waals surface area contributed by atoms with E-state index in [1.807, 2.05) is 0 Å². The van der Waals surface area contributed by atoms with Crippen LogP contribution in [0.25, 0.3) is 0 Å². The van der Waals surface area contributed by atoms with Gasteiger partial charge in [0, 0.05) is 5.57 Å². The smallest absolute Gasteiger partial charge is 0.135 e. The third-order valence-electron chi connectivity index (χ3n) is 3.74. The first-order valence-corrected chi connectivity index (χ1v) is 9.58. The van der Waals surface area contributed by atoms with Crippen LogP contribution in [0.3, 0.4) is 0 Å². The molecule has 2 heteroatoms. The molecule has 0 aromatic rings. The number of unbranched alkanes of at least 4 members (excludes halogenated alkanes) is 9. The molecular formula is C20H34OS. The Labute approximate surface area is 141 Å². The lowest BCUT2D eigenvalue weighted by Crippen LogP contribution is -2.07. The molecule has 0 amide bonds. The molecule has 0 atom stereocenters. The van der Waals surface area contributed by atoms with Gasteiger partial charge in [-0.1, -0.05) is 90.5 Å². The Morgan fingerprint density at radius 1 is 0.909 bits per heavy atom. The molecule has 126 valence electrons. The third-order valence-corrected chi connectivity index (χ3v) is 4.37. The minimum absolute atomic E-state index is 0.734. The second kappa shape index (κ2) is 15.1. The molecule has 0 aliphatic heterocycles. The number of rotatable bonds is 14. The van der Waals surface area contributed by atoms with Crippen molar-refractivity contribution in [2.24, 2.45) is 0 Å². The largest absolute Gasteiger partial charge is 0.335 e. The molecule has 0 N–H and O–H groups in total. The molecule has 0 rings (SSSR count). The van der Waals surface area contributed by atoms with Crippen LogP contribution >= 0.6 is 10.9 Å². The molecule has 0 aliphatic rings. The van der Waals surface area contributed by atoms with Gasteiger partial charge in [-0.05, 0) is 17.9 Å². The molecule has 0 aromatic heterocycles. The van der Waals surface area contributed by atoms with Crippen LogP contribution in [0, 0.1) is 0 Å². The number of allylic oxidation sites excluding steroid dienone is 1. The topological polar surface area (TPSA) is 9.23 Å². The Kier molecular flexibility index (Phi) is 14.5. The van der Waals surface area contributed by atoms with E-state index in [1.54, 1.807) is 6.08 Å². The highest BCUT2D eigenvalue weighted by atomic mass is 32.1. The summed E-state index contributed by atoms with van der Waals surface area (Å²) in [6.45, 7) is 14.6. The monoisotopic (exact) mass is 322 g/mol. The predicted octanol–water partition coefficient (Wildman–Crippen LogP) is 6.52. The van der Waals surface area contributed by atoms with Crippen LogP contribution in [0.4, 0.5) is 0 Å². The van der Waals surface area contributed by atoms with Crippen molar-refractivity contribution in [3.63, 3.8) is 0 Å². The Hall–Kier alpha value is -0.860. The zero-order chi connectivity index (χ0) is 16.6. The van der Waals surface area contributed by atoms with Crippen molar-refractivity contribution in [2.75, 3.05) is 6.61 Å². The van der Waals surface area contributed by atoms with Crippen LogP contribution in [0.1, 0.15) is 71.1 Å². The van der Waals surface area contributed by atoms with Crippen molar-refractivity contribution < 1.29 is 4.74 Å². The quantitative estimate of drug-likeness (QED) is 0.153. The van der Waals surface area contributed by atoms with Gasteiger partial charge in [-0.2, -0.15) is 0 Å². The highest BCUT2D eigenvalue weighted by Gasteiger charge is 2.04. The Balaban J connectivity index is 3.56. The first-order valence-electron chi connectivity index (χ1n) is 8.60. The van der Waals surface area contributed by atoms with E-state index in [1.165, 1.54) is 68.7 Å². The second-order valence-electron chi connectivity index (χ2n) is 5.67. The Morgan fingerprint density at radius 2 is 1.41 bits per heavy atom. The summed E-state index contributed by atoms with van der Waals surface area (Å²) in [5.74, 6) is 3.81. The summed E-state index contributed by atoms with van der Waals surface area (Å²) in [6, 6.07) is 0. The van der Waals surface area contributed by atoms with Gasteiger partial charge < -0.3 is 4.74 Å². The van der Waals surface area contributed by atoms with Gasteiger partial charge in [0.05, 0.1) is 6.61 Å². The van der Waals surface area contributed by atoms with Gasteiger partial charge in [-0.25, -0.2) is 0 Å². The lowest BCUT2D eigenvalue weighted by molar-refractivity contribution is 0.300. The van der Waals surface area contributed by atoms with E-state index in [2.05, 4.69) is 32.5 Å². The fourth-order valence-corrected chi connectivity index (χ4v) is 2.70. The minimum atomic E-state index is 0.734. The van der Waals surface area contributed by atoms with Gasteiger partial charge in [0.1, 0.15) is 5.05 Å². The predicted molar refractivity (Wildman–Crippen MR) is 106 cm³/mol. The fraction of sp³-hybridized carbons (Fsp3) is 0.600. The summed E-state index contributed by atoms with van der Waals surface area (Å²) >= 11 is 0. The minimum Gasteiger partial charge on any atom is -0.335 e. The highest BCUT2D eigenvalue weighted by Crippen LogP contribution is 2.13. The first kappa shape index (κ1) is 21.1. The average Bonchev–Trinajstić information content (AvgIpc) is 2.54. The van der Waals surface area contributed by atoms with E-state index >= 15 is 0 Å². The van der Waals surface area contributed by atoms with E-state index in [0.717, 1.165) is 29.2 Å². The fourth-order valence-electron chi connectivity index (χ4n) is 2.22. The van der Waals surface area contributed by atoms with Crippen LogP contribution < -0.4 is 0 Å². The third kappa shape index (κ3) is 10.8. The normalized spacial score (nSPS) is 10.2. The maximum atomic E-state index is 5.76. The zero-order valence-electron chi connectivity index (χ0n) is 14.5. The molecule has 0 saturated carbocycles. The molecule has 0 aliphatic carbocycles. The van der Waals surface area contributed by atoms with Crippen LogP contribution in [-0.2, 0) is 4.74 Å². The number of hydrogen-bond donors (Lipinski definition) is 0. The summed E-state index contributed by atoms with van der Waals surface area (Å²) < 4.78 is 5.76. The lowest BCUT2D eigenvalue weighted by Gasteiger charge is -2.09. The molecule has 0 aromatic carbocycles. The van der Waals surface area contributed by atoms with Crippen molar-refractivity contribution in [3.8, 4) is 0 Å². The van der Waals surface area contributed by atoms with Gasteiger partial charge in [0.15, 0.2) is 0 Å². The summed E-state index contributed by atoms with van der Waals surface area (Å²) in [5.41, 5.74) is 1.59. The van der Waals surface area contributed by atoms with Crippen molar-refractivity contribution in [1.29, 1.82) is 0 Å². The molecule has 22 heavy (non-hydrogen) atoms. The molecule has 1 nitrogen and oxygen atoms in total. The Morgan fingerprint density at radius 3 is 1.86 bits per heavy atom. The van der Waals surface area contributed by atoms with E-state index in [-0.39, 0.29) is 0 Å². The van der Waals surface area contributed by atoms with Gasteiger partial charge in [0.25, 0.3) is 0 Å². The molecule has 0 heterocycles. The van der Waals surface area contributed by atoms with Gasteiger partial charge >= 0.3 is 0 Å².